The number of hydrogen-bond donors (Lipinski definition) is 2. The molecule has 0 unspecified atom stereocenters. The van der Waals surface area contributed by atoms with Gasteiger partial charge in [-0.3, -0.25) is 10.2 Å². The molecule has 0 saturated heterocycles. The van der Waals surface area contributed by atoms with Crippen LogP contribution in [0.5, 0.6) is 0 Å². The molecule has 0 aliphatic carbocycles. The maximum atomic E-state index is 13.0. The van der Waals surface area contributed by atoms with Gasteiger partial charge in [0, 0.05) is 11.1 Å². The zero-order valence-electron chi connectivity index (χ0n) is 16.3. The Morgan fingerprint density at radius 1 is 1.26 bits per heavy atom. The quantitative estimate of drug-likeness (QED) is 0.417. The molecule has 1 heterocycles. The lowest BCUT2D eigenvalue weighted by Gasteiger charge is -2.14. The highest BCUT2D eigenvalue weighted by Gasteiger charge is 2.38. The molecule has 0 atom stereocenters. The van der Waals surface area contributed by atoms with Crippen molar-refractivity contribution < 1.29 is 31.1 Å². The molecule has 1 aromatic carbocycles. The number of rotatable bonds is 8. The molecule has 2 rings (SSSR count). The largest absolute Gasteiger partial charge is 0.465 e. The second-order valence-corrected chi connectivity index (χ2v) is 9.66. The molecule has 6 nitrogen and oxygen atoms in total. The predicted molar refractivity (Wildman–Crippen MR) is 114 cm³/mol. The van der Waals surface area contributed by atoms with E-state index in [4.69, 9.17) is 21.7 Å². The van der Waals surface area contributed by atoms with E-state index in [1.165, 1.54) is 18.2 Å². The number of carbonyl (C=O) groups excluding carboxylic acids is 1. The number of nitrogens with one attached hydrogen (secondary N) is 2. The van der Waals surface area contributed by atoms with Gasteiger partial charge in [-0.25, -0.2) is 8.42 Å². The van der Waals surface area contributed by atoms with Crippen molar-refractivity contribution in [2.24, 2.45) is 0 Å². The summed E-state index contributed by atoms with van der Waals surface area (Å²) >= 11 is 6.88. The van der Waals surface area contributed by atoms with E-state index in [9.17, 15) is 26.4 Å². The molecule has 0 aliphatic heterocycles. The third kappa shape index (κ3) is 6.55. The Morgan fingerprint density at radius 2 is 1.94 bits per heavy atom. The fourth-order valence-corrected chi connectivity index (χ4v) is 4.43. The van der Waals surface area contributed by atoms with E-state index >= 15 is 0 Å². The minimum absolute atomic E-state index is 0.0888. The van der Waals surface area contributed by atoms with Gasteiger partial charge in [-0.05, 0) is 36.8 Å². The standard InChI is InChI=1S/C19H18ClF3N2O4S2/c1-3-29-15(26)10-25-17(16(20)18(24)19(21,22)23)14-8-7-13(30-14)11-5-4-6-12(9-11)31(2,27)28/h4-9,24-25H,3,10H2,1-2H3/b17-16+,24-18?. The summed E-state index contributed by atoms with van der Waals surface area (Å²) in [6.45, 7) is 1.21. The van der Waals surface area contributed by atoms with Crippen molar-refractivity contribution in [1.29, 1.82) is 5.41 Å². The van der Waals surface area contributed by atoms with Gasteiger partial charge in [0.1, 0.15) is 6.54 Å². The van der Waals surface area contributed by atoms with E-state index in [1.807, 2.05) is 0 Å². The van der Waals surface area contributed by atoms with E-state index in [2.05, 4.69) is 5.32 Å². The van der Waals surface area contributed by atoms with Crippen LogP contribution in [0.2, 0.25) is 0 Å². The van der Waals surface area contributed by atoms with Crippen molar-refractivity contribution in [3.63, 3.8) is 0 Å². The van der Waals surface area contributed by atoms with Gasteiger partial charge in [-0.1, -0.05) is 23.7 Å². The number of ether oxygens (including phenoxy) is 1. The Kier molecular flexibility index (Phi) is 7.90. The minimum Gasteiger partial charge on any atom is -0.465 e. The molecular formula is C19H18ClF3N2O4S2. The number of benzene rings is 1. The molecule has 0 amide bonds. The molecule has 2 aromatic rings. The van der Waals surface area contributed by atoms with Gasteiger partial charge in [0.2, 0.25) is 0 Å². The average Bonchev–Trinajstić information content (AvgIpc) is 3.16. The van der Waals surface area contributed by atoms with Crippen molar-refractivity contribution in [2.45, 2.75) is 18.0 Å². The second kappa shape index (κ2) is 9.84. The topological polar surface area (TPSA) is 96.3 Å². The van der Waals surface area contributed by atoms with Crippen LogP contribution in [0.25, 0.3) is 16.1 Å². The summed E-state index contributed by atoms with van der Waals surface area (Å²) in [5.74, 6) is -0.708. The lowest BCUT2D eigenvalue weighted by Crippen LogP contribution is -2.28. The molecule has 0 saturated carbocycles. The highest BCUT2D eigenvalue weighted by atomic mass is 35.5. The molecule has 168 valence electrons. The van der Waals surface area contributed by atoms with Gasteiger partial charge >= 0.3 is 12.1 Å². The van der Waals surface area contributed by atoms with Crippen LogP contribution in [-0.2, 0) is 19.4 Å². The number of halogens is 4. The number of sulfone groups is 1. The summed E-state index contributed by atoms with van der Waals surface area (Å²) in [5, 5.41) is 8.94. The first-order valence-electron chi connectivity index (χ1n) is 8.70. The molecule has 0 spiro atoms. The van der Waals surface area contributed by atoms with Crippen LogP contribution in [0.15, 0.2) is 46.3 Å². The minimum atomic E-state index is -4.99. The molecule has 12 heteroatoms. The van der Waals surface area contributed by atoms with Gasteiger partial charge in [0.25, 0.3) is 0 Å². The normalized spacial score (nSPS) is 12.8. The number of esters is 1. The lowest BCUT2D eigenvalue weighted by molar-refractivity contribution is -0.141. The van der Waals surface area contributed by atoms with Crippen molar-refractivity contribution in [1.82, 2.24) is 5.32 Å². The lowest BCUT2D eigenvalue weighted by atomic mass is 10.2. The molecule has 0 aliphatic rings. The number of alkyl halides is 3. The Bertz CT molecular complexity index is 1130. The molecule has 31 heavy (non-hydrogen) atoms. The summed E-state index contributed by atoms with van der Waals surface area (Å²) in [4.78, 5) is 12.5. The first-order chi connectivity index (χ1) is 14.3. The zero-order chi connectivity index (χ0) is 23.4. The van der Waals surface area contributed by atoms with Crippen molar-refractivity contribution in [3.8, 4) is 10.4 Å². The summed E-state index contributed by atoms with van der Waals surface area (Å²) in [6.07, 6.45) is -3.92. The average molecular weight is 495 g/mol. The van der Waals surface area contributed by atoms with E-state index in [0.29, 0.717) is 10.4 Å². The smallest absolute Gasteiger partial charge is 0.434 e. The third-order valence-electron chi connectivity index (χ3n) is 3.84. The van der Waals surface area contributed by atoms with Gasteiger partial charge in [-0.2, -0.15) is 13.2 Å². The molecule has 1 aromatic heterocycles. The number of carbonyl (C=O) groups is 1. The summed E-state index contributed by atoms with van der Waals surface area (Å²) in [5.41, 5.74) is -1.49. The molecule has 2 N–H and O–H groups in total. The predicted octanol–water partition coefficient (Wildman–Crippen LogP) is 4.46. The van der Waals surface area contributed by atoms with E-state index in [1.54, 1.807) is 25.1 Å². The fourth-order valence-electron chi connectivity index (χ4n) is 2.40. The van der Waals surface area contributed by atoms with Gasteiger partial charge in [0.15, 0.2) is 15.5 Å². The summed E-state index contributed by atoms with van der Waals surface area (Å²) in [7, 11) is -3.45. The molecular weight excluding hydrogens is 477 g/mol. The first-order valence-corrected chi connectivity index (χ1v) is 11.8. The number of hydrogen-bond acceptors (Lipinski definition) is 7. The third-order valence-corrected chi connectivity index (χ3v) is 6.48. The van der Waals surface area contributed by atoms with E-state index < -0.39 is 39.3 Å². The van der Waals surface area contributed by atoms with Crippen LogP contribution in [-0.4, -0.2) is 45.7 Å². The summed E-state index contributed by atoms with van der Waals surface area (Å²) in [6, 6.07) is 9.12. The molecule has 0 fully saturated rings. The van der Waals surface area contributed by atoms with Gasteiger partial charge in [-0.15, -0.1) is 11.3 Å². The van der Waals surface area contributed by atoms with E-state index in [-0.39, 0.29) is 22.1 Å². The SMILES string of the molecule is CCOC(=O)CN/C(=C(/Cl)C(=N)C(F)(F)F)c1ccc(-c2cccc(S(C)(=O)=O)c2)s1. The first kappa shape index (κ1) is 24.9. The Morgan fingerprint density at radius 3 is 2.52 bits per heavy atom. The summed E-state index contributed by atoms with van der Waals surface area (Å²) < 4.78 is 67.3. The zero-order valence-corrected chi connectivity index (χ0v) is 18.7. The van der Waals surface area contributed by atoms with Crippen LogP contribution < -0.4 is 5.32 Å². The second-order valence-electron chi connectivity index (χ2n) is 6.18. The van der Waals surface area contributed by atoms with Crippen LogP contribution in [0.3, 0.4) is 0 Å². The van der Waals surface area contributed by atoms with Crippen LogP contribution in [0.4, 0.5) is 13.2 Å². The van der Waals surface area contributed by atoms with Crippen molar-refractivity contribution >= 4 is 50.2 Å². The van der Waals surface area contributed by atoms with Crippen LogP contribution in [0, 0.1) is 5.41 Å². The van der Waals surface area contributed by atoms with Crippen molar-refractivity contribution in [3.05, 3.63) is 46.3 Å². The fraction of sp³-hybridized carbons (Fsp3) is 0.263. The highest BCUT2D eigenvalue weighted by molar-refractivity contribution is 7.90. The molecule has 0 radical (unpaired) electrons. The Labute approximate surface area is 186 Å². The Balaban J connectivity index is 2.48. The van der Waals surface area contributed by atoms with Gasteiger partial charge in [0.05, 0.1) is 27.1 Å². The maximum absolute atomic E-state index is 13.0. The maximum Gasteiger partial charge on any atom is 0.434 e. The van der Waals surface area contributed by atoms with E-state index in [0.717, 1.165) is 17.6 Å². The van der Waals surface area contributed by atoms with Gasteiger partial charge < -0.3 is 10.1 Å². The van der Waals surface area contributed by atoms with Crippen LogP contribution >= 0.6 is 22.9 Å². The number of allylic oxidation sites excluding steroid dienone is 1. The monoisotopic (exact) mass is 494 g/mol. The van der Waals surface area contributed by atoms with Crippen LogP contribution in [0.1, 0.15) is 11.8 Å². The highest BCUT2D eigenvalue weighted by Crippen LogP contribution is 2.35. The molecule has 0 bridgehead atoms. The Hall–Kier alpha value is -2.37. The van der Waals surface area contributed by atoms with Crippen molar-refractivity contribution in [2.75, 3.05) is 19.4 Å². The number of thiophene rings is 1.